The fourth-order valence-electron chi connectivity index (χ4n) is 3.47. The van der Waals surface area contributed by atoms with Crippen molar-refractivity contribution in [3.8, 4) is 0 Å². The first-order valence-electron chi connectivity index (χ1n) is 6.43. The molecule has 3 aliphatic rings. The van der Waals surface area contributed by atoms with Gasteiger partial charge in [-0.05, 0) is 38.3 Å². The molecule has 4 nitrogen and oxygen atoms in total. The number of aliphatic hydroxyl groups is 1. The summed E-state index contributed by atoms with van der Waals surface area (Å²) >= 11 is 0. The number of carbonyl (C=O) groups excluding carboxylic acids is 2. The number of allylic oxidation sites excluding steroid dienone is 2. The Bertz CT molecular complexity index is 581. The molecular weight excluding hydrogens is 244 g/mol. The Kier molecular flexibility index (Phi) is 2.39. The van der Waals surface area contributed by atoms with Crippen LogP contribution in [0.25, 0.3) is 0 Å². The number of carbonyl (C=O) groups is 2. The average Bonchev–Trinajstić information content (AvgIpc) is 2.70. The second-order valence-electron chi connectivity index (χ2n) is 5.61. The van der Waals surface area contributed by atoms with Gasteiger partial charge in [0.25, 0.3) is 0 Å². The minimum Gasteiger partial charge on any atom is -0.455 e. The van der Waals surface area contributed by atoms with Gasteiger partial charge >= 0.3 is 5.97 Å². The summed E-state index contributed by atoms with van der Waals surface area (Å²) in [6, 6.07) is 0. The summed E-state index contributed by atoms with van der Waals surface area (Å²) in [5.41, 5.74) is 0.738. The van der Waals surface area contributed by atoms with Crippen molar-refractivity contribution < 1.29 is 19.4 Å². The fraction of sp³-hybridized carbons (Fsp3) is 0.467. The first-order chi connectivity index (χ1) is 8.87. The molecule has 1 saturated heterocycles. The summed E-state index contributed by atoms with van der Waals surface area (Å²) in [6.07, 6.45) is 2.06. The number of hydrogen-bond acceptors (Lipinski definition) is 4. The Labute approximate surface area is 111 Å². The molecule has 0 aromatic heterocycles. The Hall–Kier alpha value is -1.68. The maximum absolute atomic E-state index is 12.1. The third-order valence-corrected chi connectivity index (χ3v) is 4.55. The molecule has 1 aliphatic heterocycles. The zero-order chi connectivity index (χ0) is 13.9. The molecule has 19 heavy (non-hydrogen) atoms. The number of fused-ring (bicyclic) bond motifs is 3. The number of rotatable bonds is 0. The van der Waals surface area contributed by atoms with Gasteiger partial charge in [-0.2, -0.15) is 0 Å². The molecule has 3 rings (SSSR count). The molecule has 1 heterocycles. The zero-order valence-electron chi connectivity index (χ0n) is 11.0. The van der Waals surface area contributed by atoms with Gasteiger partial charge in [0.1, 0.15) is 6.10 Å². The topological polar surface area (TPSA) is 63.6 Å². The van der Waals surface area contributed by atoms with Crippen LogP contribution < -0.4 is 0 Å². The lowest BCUT2D eigenvalue weighted by atomic mass is 9.79. The summed E-state index contributed by atoms with van der Waals surface area (Å²) in [5.74, 6) is -0.861. The van der Waals surface area contributed by atoms with E-state index in [-0.39, 0.29) is 11.7 Å². The molecule has 0 saturated carbocycles. The molecule has 0 aromatic rings. The Morgan fingerprint density at radius 2 is 2.11 bits per heavy atom. The first-order valence-corrected chi connectivity index (χ1v) is 6.43. The van der Waals surface area contributed by atoms with Crippen molar-refractivity contribution in [2.75, 3.05) is 0 Å². The van der Waals surface area contributed by atoms with E-state index in [9.17, 15) is 14.7 Å². The second kappa shape index (κ2) is 3.67. The molecule has 0 radical (unpaired) electrons. The molecular formula is C15H16O4. The van der Waals surface area contributed by atoms with Crippen LogP contribution in [0.5, 0.6) is 0 Å². The van der Waals surface area contributed by atoms with E-state index in [1.165, 1.54) is 6.08 Å². The highest BCUT2D eigenvalue weighted by Gasteiger charge is 2.58. The van der Waals surface area contributed by atoms with E-state index in [1.807, 2.05) is 6.92 Å². The molecule has 100 valence electrons. The SMILES string of the molecule is C=C1C(=O)O[C@@H]2C1CCC(C)=C1C(=O)C=C(C)[C@]12O. The monoisotopic (exact) mass is 260 g/mol. The van der Waals surface area contributed by atoms with E-state index >= 15 is 0 Å². The molecule has 0 aromatic carbocycles. The van der Waals surface area contributed by atoms with Crippen molar-refractivity contribution in [3.05, 3.63) is 34.9 Å². The van der Waals surface area contributed by atoms with Gasteiger partial charge in [-0.25, -0.2) is 4.79 Å². The van der Waals surface area contributed by atoms with E-state index in [4.69, 9.17) is 4.74 Å². The lowest BCUT2D eigenvalue weighted by Gasteiger charge is -2.33. The van der Waals surface area contributed by atoms with Gasteiger partial charge in [0.2, 0.25) is 0 Å². The van der Waals surface area contributed by atoms with E-state index in [0.717, 1.165) is 5.57 Å². The number of esters is 1. The molecule has 1 N–H and O–H groups in total. The van der Waals surface area contributed by atoms with Crippen LogP contribution in [0.15, 0.2) is 34.9 Å². The van der Waals surface area contributed by atoms with Crippen molar-refractivity contribution in [2.45, 2.75) is 38.4 Å². The Morgan fingerprint density at radius 1 is 1.42 bits per heavy atom. The van der Waals surface area contributed by atoms with Crippen molar-refractivity contribution >= 4 is 11.8 Å². The van der Waals surface area contributed by atoms with E-state index in [0.29, 0.717) is 29.6 Å². The summed E-state index contributed by atoms with van der Waals surface area (Å²) < 4.78 is 5.33. The minimum absolute atomic E-state index is 0.174. The van der Waals surface area contributed by atoms with Crippen LogP contribution >= 0.6 is 0 Å². The maximum Gasteiger partial charge on any atom is 0.334 e. The number of ketones is 1. The van der Waals surface area contributed by atoms with Gasteiger partial charge < -0.3 is 9.84 Å². The summed E-state index contributed by atoms with van der Waals surface area (Å²) in [6.45, 7) is 7.33. The summed E-state index contributed by atoms with van der Waals surface area (Å²) in [7, 11) is 0. The van der Waals surface area contributed by atoms with Gasteiger partial charge in [0, 0.05) is 17.1 Å². The third-order valence-electron chi connectivity index (χ3n) is 4.55. The molecule has 0 spiro atoms. The molecule has 4 heteroatoms. The average molecular weight is 260 g/mol. The van der Waals surface area contributed by atoms with Gasteiger partial charge in [-0.15, -0.1) is 0 Å². The molecule has 3 atom stereocenters. The predicted octanol–water partition coefficient (Wildman–Crippen LogP) is 1.45. The quantitative estimate of drug-likeness (QED) is 0.529. The summed E-state index contributed by atoms with van der Waals surface area (Å²) in [4.78, 5) is 23.8. The lowest BCUT2D eigenvalue weighted by molar-refractivity contribution is -0.147. The van der Waals surface area contributed by atoms with Gasteiger partial charge in [-0.3, -0.25) is 4.79 Å². The standard InChI is InChI=1S/C15H16O4/c1-7-4-5-10-9(3)14(17)19-13(10)15(18)8(2)6-11(16)12(7)15/h6,10,13,18H,3-5H2,1-2H3/t10?,13-,15+/m1/s1. The lowest BCUT2D eigenvalue weighted by Crippen LogP contribution is -2.46. The van der Waals surface area contributed by atoms with E-state index in [2.05, 4.69) is 6.58 Å². The maximum atomic E-state index is 12.1. The highest BCUT2D eigenvalue weighted by atomic mass is 16.6. The smallest absolute Gasteiger partial charge is 0.334 e. The molecule has 1 fully saturated rings. The largest absolute Gasteiger partial charge is 0.455 e. The van der Waals surface area contributed by atoms with Gasteiger partial charge in [0.05, 0.1) is 0 Å². The number of hydrogen-bond donors (Lipinski definition) is 1. The highest BCUT2D eigenvalue weighted by Crippen LogP contribution is 2.49. The Balaban J connectivity index is 2.20. The normalized spacial score (nSPS) is 37.8. The van der Waals surface area contributed by atoms with Crippen LogP contribution in [0.4, 0.5) is 0 Å². The first kappa shape index (κ1) is 12.4. The van der Waals surface area contributed by atoms with E-state index < -0.39 is 17.7 Å². The van der Waals surface area contributed by atoms with Crippen LogP contribution in [-0.4, -0.2) is 28.6 Å². The van der Waals surface area contributed by atoms with Crippen molar-refractivity contribution in [1.29, 1.82) is 0 Å². The van der Waals surface area contributed by atoms with Crippen LogP contribution in [0.1, 0.15) is 26.7 Å². The third kappa shape index (κ3) is 1.38. The highest BCUT2D eigenvalue weighted by molar-refractivity contribution is 6.11. The minimum atomic E-state index is -1.47. The van der Waals surface area contributed by atoms with Crippen LogP contribution in [0.3, 0.4) is 0 Å². The Morgan fingerprint density at radius 3 is 2.79 bits per heavy atom. The molecule has 2 aliphatic carbocycles. The fourth-order valence-corrected chi connectivity index (χ4v) is 3.47. The van der Waals surface area contributed by atoms with E-state index in [1.54, 1.807) is 6.92 Å². The summed E-state index contributed by atoms with van der Waals surface area (Å²) in [5, 5.41) is 11.0. The van der Waals surface area contributed by atoms with Gasteiger partial charge in [-0.1, -0.05) is 12.2 Å². The van der Waals surface area contributed by atoms with Crippen molar-refractivity contribution in [1.82, 2.24) is 0 Å². The van der Waals surface area contributed by atoms with Crippen molar-refractivity contribution in [3.63, 3.8) is 0 Å². The van der Waals surface area contributed by atoms with Crippen LogP contribution in [-0.2, 0) is 14.3 Å². The molecule has 1 unspecified atom stereocenters. The van der Waals surface area contributed by atoms with Crippen LogP contribution in [0.2, 0.25) is 0 Å². The second-order valence-corrected chi connectivity index (χ2v) is 5.61. The number of ether oxygens (including phenoxy) is 1. The zero-order valence-corrected chi connectivity index (χ0v) is 11.0. The molecule has 0 amide bonds. The molecule has 0 bridgehead atoms. The van der Waals surface area contributed by atoms with Crippen molar-refractivity contribution in [2.24, 2.45) is 5.92 Å². The van der Waals surface area contributed by atoms with Gasteiger partial charge in [0.15, 0.2) is 11.4 Å². The predicted molar refractivity (Wildman–Crippen MR) is 68.2 cm³/mol. The van der Waals surface area contributed by atoms with Crippen LogP contribution in [0, 0.1) is 5.92 Å².